The number of aryl methyl sites for hydroxylation is 1. The van der Waals surface area contributed by atoms with Gasteiger partial charge in [0, 0.05) is 5.38 Å². The molecule has 2 nitrogen and oxygen atoms in total. The van der Waals surface area contributed by atoms with Gasteiger partial charge >= 0.3 is 5.97 Å². The van der Waals surface area contributed by atoms with Crippen LogP contribution in [0.5, 0.6) is 0 Å². The number of hydrogen-bond donors (Lipinski definition) is 0. The highest BCUT2D eigenvalue weighted by Crippen LogP contribution is 2.13. The Bertz CT molecular complexity index is 244. The van der Waals surface area contributed by atoms with Gasteiger partial charge in [-0.05, 0) is 17.9 Å². The van der Waals surface area contributed by atoms with Gasteiger partial charge in [0.1, 0.15) is 0 Å². The lowest BCUT2D eigenvalue weighted by Gasteiger charge is -1.94. The third-order valence-electron chi connectivity index (χ3n) is 1.26. The average Bonchev–Trinajstić information content (AvgIpc) is 2.34. The van der Waals surface area contributed by atoms with Gasteiger partial charge in [0.2, 0.25) is 0 Å². The fourth-order valence-electron chi connectivity index (χ4n) is 0.680. The van der Waals surface area contributed by atoms with Crippen LogP contribution in [0.1, 0.15) is 15.9 Å². The molecule has 0 atom stereocenters. The number of hydrogen-bond acceptors (Lipinski definition) is 3. The molecule has 1 rings (SSSR count). The molecule has 0 unspecified atom stereocenters. The van der Waals surface area contributed by atoms with Crippen LogP contribution in [-0.4, -0.2) is 13.1 Å². The van der Waals surface area contributed by atoms with Gasteiger partial charge in [0.25, 0.3) is 0 Å². The molecule has 0 aliphatic carbocycles. The summed E-state index contributed by atoms with van der Waals surface area (Å²) < 4.78 is 4.54. The monoisotopic (exact) mass is 192 g/mol. The van der Waals surface area contributed by atoms with E-state index in [1.54, 1.807) is 5.38 Å². The standard InChI is InChI=1S/C7H8O2S.ClH/c1-5-3-10-4-6(5)7(8)9-2;/h3-4H,1-2H3;1H. The molecule has 0 amide bonds. The third kappa shape index (κ3) is 2.20. The van der Waals surface area contributed by atoms with E-state index in [1.807, 2.05) is 12.3 Å². The number of esters is 1. The van der Waals surface area contributed by atoms with Crippen molar-refractivity contribution < 1.29 is 9.53 Å². The summed E-state index contributed by atoms with van der Waals surface area (Å²) in [5.74, 6) is -0.251. The summed E-state index contributed by atoms with van der Waals surface area (Å²) in [6, 6.07) is 0. The van der Waals surface area contributed by atoms with Crippen LogP contribution in [0.2, 0.25) is 0 Å². The van der Waals surface area contributed by atoms with Crippen LogP contribution in [0, 0.1) is 6.92 Å². The minimum atomic E-state index is -0.251. The highest BCUT2D eigenvalue weighted by molar-refractivity contribution is 7.08. The van der Waals surface area contributed by atoms with Gasteiger partial charge < -0.3 is 4.74 Å². The van der Waals surface area contributed by atoms with Crippen LogP contribution in [0.3, 0.4) is 0 Å². The second-order valence-corrected chi connectivity index (χ2v) is 2.70. The van der Waals surface area contributed by atoms with E-state index in [0.717, 1.165) is 5.56 Å². The molecule has 0 saturated carbocycles. The van der Waals surface area contributed by atoms with Gasteiger partial charge in [-0.1, -0.05) is 0 Å². The number of halogens is 1. The molecular weight excluding hydrogens is 184 g/mol. The number of methoxy groups -OCH3 is 1. The van der Waals surface area contributed by atoms with E-state index in [0.29, 0.717) is 5.56 Å². The Hall–Kier alpha value is -0.540. The summed E-state index contributed by atoms with van der Waals surface area (Å²) in [4.78, 5) is 10.9. The first-order chi connectivity index (χ1) is 4.75. The van der Waals surface area contributed by atoms with Gasteiger partial charge in [-0.3, -0.25) is 0 Å². The van der Waals surface area contributed by atoms with E-state index in [1.165, 1.54) is 18.4 Å². The fourth-order valence-corrected chi connectivity index (χ4v) is 1.50. The molecule has 11 heavy (non-hydrogen) atoms. The molecule has 0 aliphatic rings. The average molecular weight is 193 g/mol. The van der Waals surface area contributed by atoms with E-state index in [-0.39, 0.29) is 18.4 Å². The molecular formula is C7H9ClO2S. The Morgan fingerprint density at radius 1 is 1.55 bits per heavy atom. The summed E-state index contributed by atoms with van der Waals surface area (Å²) in [5.41, 5.74) is 1.66. The van der Waals surface area contributed by atoms with Gasteiger partial charge in [-0.2, -0.15) is 11.3 Å². The number of rotatable bonds is 1. The lowest BCUT2D eigenvalue weighted by molar-refractivity contribution is 0.0600. The normalized spacial score (nSPS) is 8.55. The van der Waals surface area contributed by atoms with Crippen molar-refractivity contribution >= 4 is 29.7 Å². The van der Waals surface area contributed by atoms with Crippen LogP contribution in [0.4, 0.5) is 0 Å². The first-order valence-electron chi connectivity index (χ1n) is 2.87. The molecule has 0 aliphatic heterocycles. The Morgan fingerprint density at radius 3 is 2.55 bits per heavy atom. The molecule has 0 spiro atoms. The SMILES string of the molecule is COC(=O)c1cscc1C.Cl. The molecule has 1 heterocycles. The summed E-state index contributed by atoms with van der Waals surface area (Å²) >= 11 is 1.51. The number of thiophene rings is 1. The predicted molar refractivity (Wildman–Crippen MR) is 47.6 cm³/mol. The van der Waals surface area contributed by atoms with Crippen LogP contribution >= 0.6 is 23.7 Å². The molecule has 1 aromatic heterocycles. The number of carbonyl (C=O) groups is 1. The topological polar surface area (TPSA) is 26.3 Å². The van der Waals surface area contributed by atoms with Crippen molar-refractivity contribution in [1.82, 2.24) is 0 Å². The third-order valence-corrected chi connectivity index (χ3v) is 2.12. The molecule has 0 radical (unpaired) electrons. The lowest BCUT2D eigenvalue weighted by Crippen LogP contribution is -2.00. The van der Waals surface area contributed by atoms with Crippen LogP contribution < -0.4 is 0 Å². The van der Waals surface area contributed by atoms with Crippen LogP contribution in [0.25, 0.3) is 0 Å². The largest absolute Gasteiger partial charge is 0.465 e. The summed E-state index contributed by atoms with van der Waals surface area (Å²) in [6.07, 6.45) is 0. The molecule has 62 valence electrons. The van der Waals surface area contributed by atoms with Crippen molar-refractivity contribution in [2.45, 2.75) is 6.92 Å². The van der Waals surface area contributed by atoms with Gasteiger partial charge in [-0.25, -0.2) is 4.79 Å². The van der Waals surface area contributed by atoms with Gasteiger partial charge in [0.15, 0.2) is 0 Å². The Balaban J connectivity index is 0.000001000. The zero-order valence-corrected chi connectivity index (χ0v) is 7.92. The molecule has 0 aromatic carbocycles. The summed E-state index contributed by atoms with van der Waals surface area (Å²) in [5, 5.41) is 3.72. The quantitative estimate of drug-likeness (QED) is 0.639. The fraction of sp³-hybridized carbons (Fsp3) is 0.286. The predicted octanol–water partition coefficient (Wildman–Crippen LogP) is 2.26. The molecule has 0 fully saturated rings. The van der Waals surface area contributed by atoms with E-state index < -0.39 is 0 Å². The summed E-state index contributed by atoms with van der Waals surface area (Å²) in [7, 11) is 1.39. The van der Waals surface area contributed by atoms with E-state index in [9.17, 15) is 4.79 Å². The maximum absolute atomic E-state index is 10.9. The highest BCUT2D eigenvalue weighted by atomic mass is 35.5. The van der Waals surface area contributed by atoms with Crippen molar-refractivity contribution in [3.05, 3.63) is 21.9 Å². The molecule has 0 bridgehead atoms. The van der Waals surface area contributed by atoms with E-state index in [4.69, 9.17) is 0 Å². The minimum absolute atomic E-state index is 0. The Morgan fingerprint density at radius 2 is 2.18 bits per heavy atom. The Kier molecular flexibility index (Phi) is 4.15. The van der Waals surface area contributed by atoms with Gasteiger partial charge in [-0.15, -0.1) is 12.4 Å². The summed E-state index contributed by atoms with van der Waals surface area (Å²) in [6.45, 7) is 1.89. The maximum Gasteiger partial charge on any atom is 0.338 e. The van der Waals surface area contributed by atoms with Crippen LogP contribution in [0.15, 0.2) is 10.8 Å². The van der Waals surface area contributed by atoms with Crippen molar-refractivity contribution in [3.63, 3.8) is 0 Å². The number of ether oxygens (including phenoxy) is 1. The van der Waals surface area contributed by atoms with Crippen molar-refractivity contribution in [2.24, 2.45) is 0 Å². The zero-order chi connectivity index (χ0) is 7.56. The lowest BCUT2D eigenvalue weighted by atomic mass is 10.2. The van der Waals surface area contributed by atoms with Gasteiger partial charge in [0.05, 0.1) is 12.7 Å². The zero-order valence-electron chi connectivity index (χ0n) is 6.29. The Labute approximate surface area is 75.6 Å². The molecule has 0 N–H and O–H groups in total. The van der Waals surface area contributed by atoms with E-state index in [2.05, 4.69) is 4.74 Å². The second-order valence-electron chi connectivity index (χ2n) is 1.96. The number of carbonyl (C=O) groups excluding carboxylic acids is 1. The second kappa shape index (κ2) is 4.36. The van der Waals surface area contributed by atoms with Crippen molar-refractivity contribution in [2.75, 3.05) is 7.11 Å². The van der Waals surface area contributed by atoms with Crippen molar-refractivity contribution in [1.29, 1.82) is 0 Å². The van der Waals surface area contributed by atoms with Crippen molar-refractivity contribution in [3.8, 4) is 0 Å². The molecule has 4 heteroatoms. The first kappa shape index (κ1) is 10.5. The molecule has 0 saturated heterocycles. The minimum Gasteiger partial charge on any atom is -0.465 e. The van der Waals surface area contributed by atoms with E-state index >= 15 is 0 Å². The maximum atomic E-state index is 10.9. The van der Waals surface area contributed by atoms with Crippen LogP contribution in [-0.2, 0) is 4.74 Å². The first-order valence-corrected chi connectivity index (χ1v) is 3.81. The molecule has 1 aromatic rings. The smallest absolute Gasteiger partial charge is 0.338 e. The highest BCUT2D eigenvalue weighted by Gasteiger charge is 2.07.